The zero-order valence-electron chi connectivity index (χ0n) is 11.5. The number of hydrogen-bond donors (Lipinski definition) is 2. The predicted molar refractivity (Wildman–Crippen MR) is 73.6 cm³/mol. The van der Waals surface area contributed by atoms with Crippen LogP contribution in [0.1, 0.15) is 17.5 Å². The average molecular weight is 298 g/mol. The monoisotopic (exact) mass is 298 g/mol. The number of primary amides is 1. The van der Waals surface area contributed by atoms with E-state index in [0.29, 0.717) is 0 Å². The highest BCUT2D eigenvalue weighted by Crippen LogP contribution is 2.24. The van der Waals surface area contributed by atoms with Crippen molar-refractivity contribution in [3.8, 4) is 0 Å². The minimum absolute atomic E-state index is 0.0723. The number of carbonyl (C=O) groups excluding carboxylic acids is 1. The SMILES string of the molecule is Cc1ccc(S(=O)(=O)NC2(CC(N)=O)COC2)cc1C. The van der Waals surface area contributed by atoms with E-state index >= 15 is 0 Å². The third kappa shape index (κ3) is 3.00. The Labute approximate surface area is 118 Å². The lowest BCUT2D eigenvalue weighted by Gasteiger charge is -2.40. The molecule has 1 fully saturated rings. The second kappa shape index (κ2) is 5.16. The first-order valence-corrected chi connectivity index (χ1v) is 7.70. The molecule has 1 saturated heterocycles. The second-order valence-corrected chi connectivity index (χ2v) is 6.95. The minimum atomic E-state index is -3.70. The predicted octanol–water partition coefficient (Wildman–Crippen LogP) is 0.226. The Morgan fingerprint density at radius 2 is 2.00 bits per heavy atom. The Balaban J connectivity index is 2.26. The van der Waals surface area contributed by atoms with E-state index in [2.05, 4.69) is 4.72 Å². The zero-order chi connectivity index (χ0) is 15.0. The van der Waals surface area contributed by atoms with Gasteiger partial charge in [-0.15, -0.1) is 0 Å². The molecule has 1 aliphatic rings. The number of carbonyl (C=O) groups is 1. The first kappa shape index (κ1) is 15.0. The van der Waals surface area contributed by atoms with E-state index in [1.165, 1.54) is 0 Å². The summed E-state index contributed by atoms with van der Waals surface area (Å²) in [5, 5.41) is 0. The van der Waals surface area contributed by atoms with Crippen LogP contribution in [0.5, 0.6) is 0 Å². The molecule has 1 aromatic rings. The van der Waals surface area contributed by atoms with E-state index in [1.807, 2.05) is 13.8 Å². The highest BCUT2D eigenvalue weighted by molar-refractivity contribution is 7.89. The molecule has 110 valence electrons. The molecule has 7 heteroatoms. The lowest BCUT2D eigenvalue weighted by Crippen LogP contribution is -2.63. The fourth-order valence-electron chi connectivity index (χ4n) is 2.10. The number of rotatable bonds is 5. The van der Waals surface area contributed by atoms with Crippen LogP contribution in [0, 0.1) is 13.8 Å². The number of amides is 1. The van der Waals surface area contributed by atoms with E-state index in [-0.39, 0.29) is 24.5 Å². The van der Waals surface area contributed by atoms with Gasteiger partial charge in [0.15, 0.2) is 0 Å². The maximum absolute atomic E-state index is 12.4. The first-order chi connectivity index (χ1) is 9.24. The number of nitrogens with two attached hydrogens (primary N) is 1. The molecular weight excluding hydrogens is 280 g/mol. The van der Waals surface area contributed by atoms with Crippen molar-refractivity contribution in [2.45, 2.75) is 30.7 Å². The molecule has 1 amide bonds. The molecule has 0 radical (unpaired) electrons. The normalized spacial score (nSPS) is 17.5. The molecule has 0 spiro atoms. The number of sulfonamides is 1. The first-order valence-electron chi connectivity index (χ1n) is 6.21. The molecule has 1 aromatic carbocycles. The van der Waals surface area contributed by atoms with Crippen molar-refractivity contribution in [1.82, 2.24) is 4.72 Å². The number of benzene rings is 1. The number of hydrogen-bond acceptors (Lipinski definition) is 4. The second-order valence-electron chi connectivity index (χ2n) is 5.27. The molecule has 1 aliphatic heterocycles. The molecule has 3 N–H and O–H groups in total. The number of aryl methyl sites for hydroxylation is 2. The molecule has 0 bridgehead atoms. The fourth-order valence-corrected chi connectivity index (χ4v) is 3.56. The van der Waals surface area contributed by atoms with Crippen LogP contribution in [0.2, 0.25) is 0 Å². The highest BCUT2D eigenvalue weighted by atomic mass is 32.2. The summed E-state index contributed by atoms with van der Waals surface area (Å²) >= 11 is 0. The summed E-state index contributed by atoms with van der Waals surface area (Å²) in [6.07, 6.45) is -0.0723. The van der Waals surface area contributed by atoms with E-state index < -0.39 is 21.5 Å². The Kier molecular flexibility index (Phi) is 3.86. The van der Waals surface area contributed by atoms with Gasteiger partial charge in [0.2, 0.25) is 15.9 Å². The van der Waals surface area contributed by atoms with Gasteiger partial charge in [-0.05, 0) is 37.1 Å². The smallest absolute Gasteiger partial charge is 0.241 e. The van der Waals surface area contributed by atoms with E-state index in [4.69, 9.17) is 10.5 Å². The number of nitrogens with one attached hydrogen (secondary N) is 1. The fraction of sp³-hybridized carbons (Fsp3) is 0.462. The van der Waals surface area contributed by atoms with Gasteiger partial charge < -0.3 is 10.5 Å². The third-order valence-corrected chi connectivity index (χ3v) is 4.99. The molecule has 0 atom stereocenters. The molecule has 6 nitrogen and oxygen atoms in total. The van der Waals surface area contributed by atoms with Crippen LogP contribution in [0.3, 0.4) is 0 Å². The van der Waals surface area contributed by atoms with E-state index in [1.54, 1.807) is 18.2 Å². The van der Waals surface area contributed by atoms with Crippen molar-refractivity contribution < 1.29 is 17.9 Å². The van der Waals surface area contributed by atoms with Crippen molar-refractivity contribution in [2.24, 2.45) is 5.73 Å². The maximum atomic E-state index is 12.4. The Hall–Kier alpha value is -1.44. The Morgan fingerprint density at radius 1 is 1.35 bits per heavy atom. The topological polar surface area (TPSA) is 98.5 Å². The van der Waals surface area contributed by atoms with Gasteiger partial charge in [0.25, 0.3) is 0 Å². The molecular formula is C13H18N2O4S. The van der Waals surface area contributed by atoms with Crippen molar-refractivity contribution in [3.63, 3.8) is 0 Å². The largest absolute Gasteiger partial charge is 0.377 e. The van der Waals surface area contributed by atoms with Crippen LogP contribution in [-0.2, 0) is 19.6 Å². The maximum Gasteiger partial charge on any atom is 0.241 e. The van der Waals surface area contributed by atoms with Gasteiger partial charge in [-0.2, -0.15) is 4.72 Å². The van der Waals surface area contributed by atoms with Gasteiger partial charge in [-0.3, -0.25) is 4.79 Å². The van der Waals surface area contributed by atoms with Crippen LogP contribution in [0.15, 0.2) is 23.1 Å². The third-order valence-electron chi connectivity index (χ3n) is 3.41. The van der Waals surface area contributed by atoms with E-state index in [9.17, 15) is 13.2 Å². The van der Waals surface area contributed by atoms with Crippen LogP contribution < -0.4 is 10.5 Å². The summed E-state index contributed by atoms with van der Waals surface area (Å²) in [5.74, 6) is -0.559. The molecule has 0 aliphatic carbocycles. The van der Waals surface area contributed by atoms with Crippen molar-refractivity contribution in [2.75, 3.05) is 13.2 Å². The molecule has 0 aromatic heterocycles. The molecule has 20 heavy (non-hydrogen) atoms. The van der Waals surface area contributed by atoms with Crippen molar-refractivity contribution >= 4 is 15.9 Å². The van der Waals surface area contributed by atoms with Gasteiger partial charge in [-0.25, -0.2) is 8.42 Å². The van der Waals surface area contributed by atoms with Crippen LogP contribution in [-0.4, -0.2) is 33.1 Å². The van der Waals surface area contributed by atoms with E-state index in [0.717, 1.165) is 11.1 Å². The summed E-state index contributed by atoms with van der Waals surface area (Å²) in [6.45, 7) is 4.06. The van der Waals surface area contributed by atoms with Gasteiger partial charge in [0, 0.05) is 0 Å². The molecule has 0 saturated carbocycles. The van der Waals surface area contributed by atoms with Crippen molar-refractivity contribution in [1.29, 1.82) is 0 Å². The Morgan fingerprint density at radius 3 is 2.45 bits per heavy atom. The zero-order valence-corrected chi connectivity index (χ0v) is 12.3. The lowest BCUT2D eigenvalue weighted by molar-refractivity contribution is -0.126. The average Bonchev–Trinajstić information content (AvgIpc) is 2.28. The summed E-state index contributed by atoms with van der Waals surface area (Å²) in [6, 6.07) is 4.90. The quantitative estimate of drug-likeness (QED) is 0.812. The standard InChI is InChI=1S/C13H18N2O4S/c1-9-3-4-11(5-10(9)2)20(17,18)15-13(6-12(14)16)7-19-8-13/h3-5,15H,6-8H2,1-2H3,(H2,14,16). The van der Waals surface area contributed by atoms with Gasteiger partial charge in [0.1, 0.15) is 0 Å². The van der Waals surface area contributed by atoms with Gasteiger partial charge >= 0.3 is 0 Å². The summed E-state index contributed by atoms with van der Waals surface area (Å²) in [4.78, 5) is 11.2. The summed E-state index contributed by atoms with van der Waals surface area (Å²) in [5.41, 5.74) is 6.15. The van der Waals surface area contributed by atoms with Gasteiger partial charge in [-0.1, -0.05) is 6.07 Å². The van der Waals surface area contributed by atoms with Crippen LogP contribution >= 0.6 is 0 Å². The Bertz CT molecular complexity index is 636. The molecule has 1 heterocycles. The summed E-state index contributed by atoms with van der Waals surface area (Å²) in [7, 11) is -3.70. The van der Waals surface area contributed by atoms with Crippen LogP contribution in [0.4, 0.5) is 0 Å². The van der Waals surface area contributed by atoms with Crippen LogP contribution in [0.25, 0.3) is 0 Å². The lowest BCUT2D eigenvalue weighted by atomic mass is 9.94. The minimum Gasteiger partial charge on any atom is -0.377 e. The molecule has 2 rings (SSSR count). The van der Waals surface area contributed by atoms with Gasteiger partial charge in [0.05, 0.1) is 30.1 Å². The number of ether oxygens (including phenoxy) is 1. The highest BCUT2D eigenvalue weighted by Gasteiger charge is 2.43. The van der Waals surface area contributed by atoms with Crippen molar-refractivity contribution in [3.05, 3.63) is 29.3 Å². The summed E-state index contributed by atoms with van der Waals surface area (Å²) < 4.78 is 32.3. The molecule has 0 unspecified atom stereocenters.